The van der Waals surface area contributed by atoms with Gasteiger partial charge in [0, 0.05) is 10.5 Å². The Hall–Kier alpha value is -2.14. The second-order valence-electron chi connectivity index (χ2n) is 5.49. The molecule has 0 N–H and O–H groups in total. The van der Waals surface area contributed by atoms with E-state index < -0.39 is 12.3 Å². The molecule has 5 nitrogen and oxygen atoms in total. The predicted molar refractivity (Wildman–Crippen MR) is 79.1 cm³/mol. The van der Waals surface area contributed by atoms with Gasteiger partial charge < -0.3 is 9.47 Å². The van der Waals surface area contributed by atoms with Crippen molar-refractivity contribution in [2.75, 3.05) is 0 Å². The number of benzene rings is 2. The fourth-order valence-electron chi connectivity index (χ4n) is 2.71. The maximum Gasteiger partial charge on any atom is 0.278 e. The van der Waals surface area contributed by atoms with Crippen molar-refractivity contribution >= 4 is 10.8 Å². The molecule has 5 heteroatoms. The Bertz CT molecular complexity index is 683. The molecule has 0 aromatic heterocycles. The Morgan fingerprint density at radius 3 is 2.76 bits per heavy atom. The lowest BCUT2D eigenvalue weighted by Gasteiger charge is -2.30. The fourth-order valence-corrected chi connectivity index (χ4v) is 2.71. The molecular weight excluding hydrogens is 270 g/mol. The zero-order chi connectivity index (χ0) is 15.0. The van der Waals surface area contributed by atoms with Gasteiger partial charge in [-0.1, -0.05) is 30.3 Å². The van der Waals surface area contributed by atoms with E-state index in [2.05, 4.69) is 0 Å². The van der Waals surface area contributed by atoms with E-state index in [-0.39, 0.29) is 11.0 Å². The molecule has 21 heavy (non-hydrogen) atoms. The molecule has 0 aliphatic carbocycles. The first-order valence-corrected chi connectivity index (χ1v) is 7.02. The van der Waals surface area contributed by atoms with Gasteiger partial charge in [-0.05, 0) is 30.7 Å². The molecule has 0 bridgehead atoms. The Labute approximate surface area is 122 Å². The SMILES string of the molecule is CC(C)OC1Oc2ccc3ccccc3c2CC1[N+](=O)[O-]. The summed E-state index contributed by atoms with van der Waals surface area (Å²) in [5.74, 6) is 0.678. The van der Waals surface area contributed by atoms with Gasteiger partial charge in [-0.2, -0.15) is 0 Å². The van der Waals surface area contributed by atoms with Crippen LogP contribution in [0.2, 0.25) is 0 Å². The molecule has 2 aromatic carbocycles. The average Bonchev–Trinajstić information content (AvgIpc) is 2.45. The molecule has 0 radical (unpaired) electrons. The van der Waals surface area contributed by atoms with Crippen LogP contribution in [0.1, 0.15) is 19.4 Å². The summed E-state index contributed by atoms with van der Waals surface area (Å²) in [6.07, 6.45) is -0.644. The third kappa shape index (κ3) is 2.56. The van der Waals surface area contributed by atoms with Crippen molar-refractivity contribution in [1.29, 1.82) is 0 Å². The predicted octanol–water partition coefficient (Wildman–Crippen LogP) is 3.17. The van der Waals surface area contributed by atoms with E-state index in [1.165, 1.54) is 0 Å². The minimum Gasteiger partial charge on any atom is -0.457 e. The van der Waals surface area contributed by atoms with Gasteiger partial charge in [0.05, 0.1) is 12.5 Å². The van der Waals surface area contributed by atoms with Crippen molar-refractivity contribution in [3.05, 3.63) is 52.1 Å². The van der Waals surface area contributed by atoms with Crippen molar-refractivity contribution in [2.45, 2.75) is 38.7 Å². The van der Waals surface area contributed by atoms with Crippen molar-refractivity contribution in [3.8, 4) is 5.75 Å². The summed E-state index contributed by atoms with van der Waals surface area (Å²) >= 11 is 0. The molecule has 1 heterocycles. The summed E-state index contributed by atoms with van der Waals surface area (Å²) in [5.41, 5.74) is 0.887. The summed E-state index contributed by atoms with van der Waals surface area (Å²) in [6.45, 7) is 3.69. The number of ether oxygens (including phenoxy) is 2. The molecule has 0 saturated carbocycles. The van der Waals surface area contributed by atoms with E-state index in [1.54, 1.807) is 0 Å². The van der Waals surface area contributed by atoms with Crippen LogP contribution in [-0.2, 0) is 11.2 Å². The van der Waals surface area contributed by atoms with Gasteiger partial charge in [0.1, 0.15) is 5.75 Å². The molecule has 1 aliphatic rings. The highest BCUT2D eigenvalue weighted by Crippen LogP contribution is 2.35. The smallest absolute Gasteiger partial charge is 0.278 e. The molecule has 2 atom stereocenters. The Balaban J connectivity index is 2.05. The minimum atomic E-state index is -0.884. The molecule has 0 spiro atoms. The van der Waals surface area contributed by atoms with Gasteiger partial charge in [-0.25, -0.2) is 0 Å². The number of hydrogen-bond acceptors (Lipinski definition) is 4. The maximum atomic E-state index is 11.3. The normalized spacial score (nSPS) is 21.1. The Kier molecular flexibility index (Phi) is 3.51. The second-order valence-corrected chi connectivity index (χ2v) is 5.49. The quantitative estimate of drug-likeness (QED) is 0.642. The summed E-state index contributed by atoms with van der Waals surface area (Å²) in [5, 5.41) is 13.4. The molecule has 0 amide bonds. The molecule has 110 valence electrons. The van der Waals surface area contributed by atoms with Crippen LogP contribution in [0.5, 0.6) is 5.75 Å². The van der Waals surface area contributed by atoms with Gasteiger partial charge in [0.25, 0.3) is 12.3 Å². The maximum absolute atomic E-state index is 11.3. The monoisotopic (exact) mass is 287 g/mol. The molecule has 2 unspecified atom stereocenters. The third-order valence-electron chi connectivity index (χ3n) is 3.65. The first-order chi connectivity index (χ1) is 10.1. The van der Waals surface area contributed by atoms with Crippen LogP contribution >= 0.6 is 0 Å². The van der Waals surface area contributed by atoms with E-state index in [4.69, 9.17) is 9.47 Å². The minimum absolute atomic E-state index is 0.126. The van der Waals surface area contributed by atoms with E-state index in [0.717, 1.165) is 16.3 Å². The lowest BCUT2D eigenvalue weighted by molar-refractivity contribution is -0.548. The van der Waals surface area contributed by atoms with Crippen LogP contribution in [-0.4, -0.2) is 23.4 Å². The van der Waals surface area contributed by atoms with Crippen molar-refractivity contribution in [3.63, 3.8) is 0 Å². The summed E-state index contributed by atoms with van der Waals surface area (Å²) in [6, 6.07) is 10.8. The van der Waals surface area contributed by atoms with Crippen LogP contribution in [0.3, 0.4) is 0 Å². The molecular formula is C16H17NO4. The van der Waals surface area contributed by atoms with Gasteiger partial charge >= 0.3 is 0 Å². The zero-order valence-corrected chi connectivity index (χ0v) is 12.0. The Morgan fingerprint density at radius 1 is 1.29 bits per heavy atom. The molecule has 0 saturated heterocycles. The highest BCUT2D eigenvalue weighted by molar-refractivity contribution is 5.88. The van der Waals surface area contributed by atoms with Crippen molar-refractivity contribution < 1.29 is 14.4 Å². The van der Waals surface area contributed by atoms with E-state index >= 15 is 0 Å². The molecule has 3 rings (SSSR count). The summed E-state index contributed by atoms with van der Waals surface area (Å²) in [7, 11) is 0. The third-order valence-corrected chi connectivity index (χ3v) is 3.65. The Morgan fingerprint density at radius 2 is 2.05 bits per heavy atom. The first kappa shape index (κ1) is 13.8. The number of rotatable bonds is 3. The van der Waals surface area contributed by atoms with E-state index in [1.807, 2.05) is 50.2 Å². The summed E-state index contributed by atoms with van der Waals surface area (Å²) < 4.78 is 11.3. The van der Waals surface area contributed by atoms with Crippen molar-refractivity contribution in [2.24, 2.45) is 0 Å². The van der Waals surface area contributed by atoms with Gasteiger partial charge in [-0.3, -0.25) is 10.1 Å². The van der Waals surface area contributed by atoms with Crippen LogP contribution < -0.4 is 4.74 Å². The van der Waals surface area contributed by atoms with Crippen LogP contribution in [0.4, 0.5) is 0 Å². The molecule has 2 aromatic rings. The number of nitro groups is 1. The lowest BCUT2D eigenvalue weighted by Crippen LogP contribution is -2.45. The fraction of sp³-hybridized carbons (Fsp3) is 0.375. The molecule has 1 aliphatic heterocycles. The van der Waals surface area contributed by atoms with E-state index in [9.17, 15) is 10.1 Å². The second kappa shape index (κ2) is 5.33. The van der Waals surface area contributed by atoms with Crippen LogP contribution in [0.15, 0.2) is 36.4 Å². The highest BCUT2D eigenvalue weighted by atomic mass is 16.7. The summed E-state index contributed by atoms with van der Waals surface area (Å²) in [4.78, 5) is 11.0. The lowest BCUT2D eigenvalue weighted by atomic mass is 9.95. The van der Waals surface area contributed by atoms with Gasteiger partial charge in [0.2, 0.25) is 0 Å². The average molecular weight is 287 g/mol. The molecule has 0 fully saturated rings. The van der Waals surface area contributed by atoms with Crippen LogP contribution in [0.25, 0.3) is 10.8 Å². The van der Waals surface area contributed by atoms with Crippen molar-refractivity contribution in [1.82, 2.24) is 0 Å². The topological polar surface area (TPSA) is 61.6 Å². The number of nitrogens with zero attached hydrogens (tertiary/aromatic N) is 1. The highest BCUT2D eigenvalue weighted by Gasteiger charge is 2.40. The standard InChI is InChI=1S/C16H17NO4/c1-10(2)20-16-14(17(18)19)9-13-12-6-4-3-5-11(12)7-8-15(13)21-16/h3-8,10,14,16H,9H2,1-2H3. The van der Waals surface area contributed by atoms with Gasteiger partial charge in [-0.15, -0.1) is 0 Å². The number of hydrogen-bond donors (Lipinski definition) is 0. The zero-order valence-electron chi connectivity index (χ0n) is 12.0. The first-order valence-electron chi connectivity index (χ1n) is 7.02. The van der Waals surface area contributed by atoms with Gasteiger partial charge in [0.15, 0.2) is 0 Å². The van der Waals surface area contributed by atoms with E-state index in [0.29, 0.717) is 12.2 Å². The number of fused-ring (bicyclic) bond motifs is 3. The largest absolute Gasteiger partial charge is 0.457 e. The van der Waals surface area contributed by atoms with Crippen LogP contribution in [0, 0.1) is 10.1 Å².